The molecular formula is C13H15ClN4OS2. The number of aromatic nitrogens is 2. The molecule has 0 aliphatic heterocycles. The molecule has 0 fully saturated rings. The van der Waals surface area contributed by atoms with Crippen molar-refractivity contribution >= 4 is 51.4 Å². The maximum Gasteiger partial charge on any atom is 0.230 e. The summed E-state index contributed by atoms with van der Waals surface area (Å²) in [4.78, 5) is 11.0. The molecule has 0 saturated carbocycles. The molecule has 112 valence electrons. The largest absolute Gasteiger partial charge is 0.369 e. The third-order valence-electron chi connectivity index (χ3n) is 2.75. The van der Waals surface area contributed by atoms with Crippen LogP contribution in [0.4, 0.5) is 10.8 Å². The van der Waals surface area contributed by atoms with E-state index in [2.05, 4.69) is 15.5 Å². The number of benzene rings is 1. The average Bonchev–Trinajstić information content (AvgIpc) is 2.81. The maximum absolute atomic E-state index is 11.0. The summed E-state index contributed by atoms with van der Waals surface area (Å²) in [6.45, 7) is 5.71. The van der Waals surface area contributed by atoms with Gasteiger partial charge in [0.15, 0.2) is 4.34 Å². The van der Waals surface area contributed by atoms with E-state index in [1.165, 1.54) is 23.1 Å². The maximum atomic E-state index is 11.0. The molecule has 1 amide bonds. The smallest absolute Gasteiger partial charge is 0.230 e. The van der Waals surface area contributed by atoms with Crippen LogP contribution in [0.5, 0.6) is 0 Å². The van der Waals surface area contributed by atoms with Crippen molar-refractivity contribution in [3.63, 3.8) is 0 Å². The Bertz CT molecular complexity index is 651. The highest BCUT2D eigenvalue weighted by Crippen LogP contribution is 2.34. The molecule has 5 nitrogen and oxygen atoms in total. The fraction of sp³-hybridized carbons (Fsp3) is 0.308. The highest BCUT2D eigenvalue weighted by atomic mass is 35.5. The zero-order chi connectivity index (χ0) is 15.6. The van der Waals surface area contributed by atoms with Gasteiger partial charge in [-0.15, -0.1) is 10.2 Å². The van der Waals surface area contributed by atoms with Crippen molar-refractivity contribution in [2.75, 3.05) is 5.32 Å². The minimum absolute atomic E-state index is 0.338. The lowest BCUT2D eigenvalue weighted by atomic mass is 10.1. The molecule has 2 rings (SSSR count). The SMILES string of the molecule is Cc1cc(C)c(Nc2nnc(SC(C)C(N)=O)s2)c(Cl)c1. The number of rotatable bonds is 5. The summed E-state index contributed by atoms with van der Waals surface area (Å²) >= 11 is 8.89. The summed E-state index contributed by atoms with van der Waals surface area (Å²) in [6, 6.07) is 3.93. The average molecular weight is 343 g/mol. The summed E-state index contributed by atoms with van der Waals surface area (Å²) in [5.74, 6) is -0.373. The lowest BCUT2D eigenvalue weighted by Gasteiger charge is -2.09. The number of aryl methyl sites for hydroxylation is 2. The van der Waals surface area contributed by atoms with Crippen molar-refractivity contribution in [3.05, 3.63) is 28.3 Å². The molecule has 0 bridgehead atoms. The van der Waals surface area contributed by atoms with Crippen LogP contribution >= 0.6 is 34.7 Å². The summed E-state index contributed by atoms with van der Waals surface area (Å²) < 4.78 is 0.685. The van der Waals surface area contributed by atoms with Crippen molar-refractivity contribution in [1.82, 2.24) is 10.2 Å². The Hall–Kier alpha value is -1.31. The van der Waals surface area contributed by atoms with E-state index in [0.29, 0.717) is 14.5 Å². The van der Waals surface area contributed by atoms with Gasteiger partial charge in [-0.3, -0.25) is 4.79 Å². The fourth-order valence-electron chi connectivity index (χ4n) is 1.70. The number of carbonyl (C=O) groups is 1. The molecule has 21 heavy (non-hydrogen) atoms. The number of hydrogen-bond donors (Lipinski definition) is 2. The van der Waals surface area contributed by atoms with E-state index < -0.39 is 0 Å². The Kier molecular flexibility index (Phi) is 5.08. The van der Waals surface area contributed by atoms with E-state index >= 15 is 0 Å². The molecule has 1 heterocycles. The number of amides is 1. The van der Waals surface area contributed by atoms with Gasteiger partial charge in [0.25, 0.3) is 0 Å². The van der Waals surface area contributed by atoms with Crippen LogP contribution in [0.2, 0.25) is 5.02 Å². The number of primary amides is 1. The van der Waals surface area contributed by atoms with Gasteiger partial charge in [0.05, 0.1) is 16.0 Å². The standard InChI is InChI=1S/C13H15ClN4OS2/c1-6-4-7(2)10(9(14)5-6)16-12-17-18-13(21-12)20-8(3)11(15)19/h4-5,8H,1-3H3,(H2,15,19)(H,16,17). The summed E-state index contributed by atoms with van der Waals surface area (Å²) in [6.07, 6.45) is 0. The quantitative estimate of drug-likeness (QED) is 0.812. The molecule has 1 atom stereocenters. The first kappa shape index (κ1) is 16.1. The molecule has 1 aromatic carbocycles. The second-order valence-electron chi connectivity index (χ2n) is 4.60. The van der Waals surface area contributed by atoms with Crippen LogP contribution < -0.4 is 11.1 Å². The van der Waals surface area contributed by atoms with Crippen molar-refractivity contribution in [1.29, 1.82) is 0 Å². The third-order valence-corrected chi connectivity index (χ3v) is 5.09. The Morgan fingerprint density at radius 2 is 2.14 bits per heavy atom. The van der Waals surface area contributed by atoms with Gasteiger partial charge in [-0.05, 0) is 38.0 Å². The van der Waals surface area contributed by atoms with Gasteiger partial charge in [-0.2, -0.15) is 0 Å². The van der Waals surface area contributed by atoms with Crippen molar-refractivity contribution in [3.8, 4) is 0 Å². The van der Waals surface area contributed by atoms with Gasteiger partial charge in [-0.1, -0.05) is 40.8 Å². The van der Waals surface area contributed by atoms with Crippen LogP contribution in [0, 0.1) is 13.8 Å². The Balaban J connectivity index is 2.15. The molecule has 1 unspecified atom stereocenters. The van der Waals surface area contributed by atoms with E-state index in [0.717, 1.165) is 16.8 Å². The molecule has 1 aromatic heterocycles. The number of nitrogens with two attached hydrogens (primary N) is 1. The van der Waals surface area contributed by atoms with Crippen molar-refractivity contribution in [2.24, 2.45) is 5.73 Å². The highest BCUT2D eigenvalue weighted by Gasteiger charge is 2.15. The molecule has 0 aliphatic carbocycles. The van der Waals surface area contributed by atoms with E-state index in [9.17, 15) is 4.79 Å². The zero-order valence-electron chi connectivity index (χ0n) is 11.8. The molecule has 2 aromatic rings. The first-order chi connectivity index (χ1) is 9.86. The molecule has 3 N–H and O–H groups in total. The third kappa shape index (κ3) is 4.09. The molecule has 0 spiro atoms. The number of nitrogens with zero attached hydrogens (tertiary/aromatic N) is 2. The van der Waals surface area contributed by atoms with Crippen LogP contribution in [0.25, 0.3) is 0 Å². The van der Waals surface area contributed by atoms with E-state index in [-0.39, 0.29) is 11.2 Å². The number of carbonyl (C=O) groups excluding carboxylic acids is 1. The normalized spacial score (nSPS) is 12.2. The van der Waals surface area contributed by atoms with Gasteiger partial charge in [0, 0.05) is 0 Å². The van der Waals surface area contributed by atoms with Gasteiger partial charge in [0.1, 0.15) is 0 Å². The number of halogens is 1. The first-order valence-corrected chi connectivity index (χ1v) is 8.27. The topological polar surface area (TPSA) is 80.9 Å². The predicted octanol–water partition coefficient (Wildman–Crippen LogP) is 3.52. The number of hydrogen-bond acceptors (Lipinski definition) is 6. The highest BCUT2D eigenvalue weighted by molar-refractivity contribution is 8.02. The van der Waals surface area contributed by atoms with E-state index in [4.69, 9.17) is 17.3 Å². The van der Waals surface area contributed by atoms with Gasteiger partial charge in [0.2, 0.25) is 11.0 Å². The Morgan fingerprint density at radius 3 is 2.76 bits per heavy atom. The number of anilines is 2. The monoisotopic (exact) mass is 342 g/mol. The van der Waals surface area contributed by atoms with Crippen LogP contribution in [0.15, 0.2) is 16.5 Å². The molecule has 0 radical (unpaired) electrons. The van der Waals surface area contributed by atoms with E-state index in [1.807, 2.05) is 26.0 Å². The summed E-state index contributed by atoms with van der Waals surface area (Å²) in [5.41, 5.74) is 8.19. The number of thioether (sulfide) groups is 1. The van der Waals surface area contributed by atoms with Crippen LogP contribution in [-0.2, 0) is 4.79 Å². The number of nitrogens with one attached hydrogen (secondary N) is 1. The van der Waals surface area contributed by atoms with Gasteiger partial charge < -0.3 is 11.1 Å². The lowest BCUT2D eigenvalue weighted by Crippen LogP contribution is -2.22. The second-order valence-corrected chi connectivity index (χ2v) is 7.57. The van der Waals surface area contributed by atoms with Crippen molar-refractivity contribution in [2.45, 2.75) is 30.4 Å². The van der Waals surface area contributed by atoms with Crippen LogP contribution in [0.3, 0.4) is 0 Å². The molecule has 0 saturated heterocycles. The molecule has 0 aliphatic rings. The second kappa shape index (κ2) is 6.64. The summed E-state index contributed by atoms with van der Waals surface area (Å²) in [5, 5.41) is 12.2. The van der Waals surface area contributed by atoms with Gasteiger partial charge >= 0.3 is 0 Å². The van der Waals surface area contributed by atoms with Crippen molar-refractivity contribution < 1.29 is 4.79 Å². The van der Waals surface area contributed by atoms with Gasteiger partial charge in [-0.25, -0.2) is 0 Å². The Morgan fingerprint density at radius 1 is 1.43 bits per heavy atom. The fourth-order valence-corrected chi connectivity index (χ4v) is 3.92. The zero-order valence-corrected chi connectivity index (χ0v) is 14.2. The van der Waals surface area contributed by atoms with Crippen LogP contribution in [-0.4, -0.2) is 21.4 Å². The first-order valence-electron chi connectivity index (χ1n) is 6.20. The van der Waals surface area contributed by atoms with E-state index in [1.54, 1.807) is 6.92 Å². The minimum Gasteiger partial charge on any atom is -0.369 e. The van der Waals surface area contributed by atoms with Crippen LogP contribution in [0.1, 0.15) is 18.1 Å². The lowest BCUT2D eigenvalue weighted by molar-refractivity contribution is -0.117. The molecular weight excluding hydrogens is 328 g/mol. The predicted molar refractivity (Wildman–Crippen MR) is 88.6 cm³/mol. The minimum atomic E-state index is -0.373. The summed E-state index contributed by atoms with van der Waals surface area (Å²) in [7, 11) is 0. The Labute approximate surface area is 136 Å². The molecule has 8 heteroatoms.